The number of rotatable bonds is 4. The molecule has 0 heterocycles. The van der Waals surface area contributed by atoms with Crippen LogP contribution >= 0.6 is 0 Å². The Morgan fingerprint density at radius 1 is 1.25 bits per heavy atom. The molecule has 1 atom stereocenters. The zero-order chi connectivity index (χ0) is 14.4. The molecule has 2 fully saturated rings. The van der Waals surface area contributed by atoms with Gasteiger partial charge in [-0.05, 0) is 49.3 Å². The first-order chi connectivity index (χ1) is 9.45. The van der Waals surface area contributed by atoms with Gasteiger partial charge in [-0.1, -0.05) is 12.1 Å². The van der Waals surface area contributed by atoms with E-state index in [1.165, 1.54) is 12.1 Å². The molecule has 1 unspecified atom stereocenters. The summed E-state index contributed by atoms with van der Waals surface area (Å²) >= 11 is 0. The van der Waals surface area contributed by atoms with Crippen LogP contribution in [0.25, 0.3) is 0 Å². The van der Waals surface area contributed by atoms with Crippen molar-refractivity contribution in [1.29, 1.82) is 5.26 Å². The van der Waals surface area contributed by atoms with Crippen LogP contribution in [0.1, 0.15) is 30.4 Å². The second-order valence-corrected chi connectivity index (χ2v) is 5.56. The Morgan fingerprint density at radius 3 is 2.25 bits per heavy atom. The summed E-state index contributed by atoms with van der Waals surface area (Å²) in [6.45, 7) is 0.702. The first-order valence-electron chi connectivity index (χ1n) is 6.65. The Morgan fingerprint density at radius 2 is 1.85 bits per heavy atom. The maximum Gasteiger partial charge on any atom is 0.416 e. The standard InChI is InChI=1S/C15H14F3N2/c16-15(17,18)13-5-3-12(4-6-13)14(7-8-14)20(10-19)9-11-1-2-11/h3-7,11H,1-2,8-9H2. The van der Waals surface area contributed by atoms with E-state index >= 15 is 0 Å². The van der Waals surface area contributed by atoms with Gasteiger partial charge in [0.05, 0.1) is 11.1 Å². The van der Waals surface area contributed by atoms with Crippen LogP contribution in [0.2, 0.25) is 0 Å². The van der Waals surface area contributed by atoms with Gasteiger partial charge in [0, 0.05) is 6.54 Å². The van der Waals surface area contributed by atoms with Crippen LogP contribution < -0.4 is 0 Å². The van der Waals surface area contributed by atoms with Crippen molar-refractivity contribution in [3.05, 3.63) is 41.8 Å². The lowest BCUT2D eigenvalue weighted by atomic mass is 10.0. The first kappa shape index (κ1) is 13.3. The molecule has 2 aliphatic rings. The summed E-state index contributed by atoms with van der Waals surface area (Å²) < 4.78 is 37.7. The van der Waals surface area contributed by atoms with Gasteiger partial charge in [-0.2, -0.15) is 18.4 Å². The number of hydrogen-bond acceptors (Lipinski definition) is 2. The molecule has 0 aromatic heterocycles. The van der Waals surface area contributed by atoms with Crippen LogP contribution in [0.5, 0.6) is 0 Å². The summed E-state index contributed by atoms with van der Waals surface area (Å²) in [6.07, 6.45) is 2.87. The van der Waals surface area contributed by atoms with Crippen molar-refractivity contribution in [2.75, 3.05) is 6.54 Å². The summed E-state index contributed by atoms with van der Waals surface area (Å²) in [5.74, 6) is 0.565. The third kappa shape index (κ3) is 2.35. The fraction of sp³-hybridized carbons (Fsp3) is 0.467. The van der Waals surface area contributed by atoms with Crippen molar-refractivity contribution < 1.29 is 13.2 Å². The van der Waals surface area contributed by atoms with Crippen LogP contribution in [-0.2, 0) is 11.7 Å². The van der Waals surface area contributed by atoms with Crippen molar-refractivity contribution in [1.82, 2.24) is 4.90 Å². The fourth-order valence-electron chi connectivity index (χ4n) is 2.51. The first-order valence-corrected chi connectivity index (χ1v) is 6.65. The van der Waals surface area contributed by atoms with Gasteiger partial charge in [-0.3, -0.25) is 4.90 Å². The SMILES string of the molecule is N#CN(CC1CC1)C1(c2ccc(C(F)(F)F)cc2)[CH]C1. The van der Waals surface area contributed by atoms with Crippen LogP contribution in [0.3, 0.4) is 0 Å². The lowest BCUT2D eigenvalue weighted by molar-refractivity contribution is -0.137. The monoisotopic (exact) mass is 279 g/mol. The summed E-state index contributed by atoms with van der Waals surface area (Å²) in [6, 6.07) is 5.17. The molecular weight excluding hydrogens is 265 g/mol. The van der Waals surface area contributed by atoms with Crippen molar-refractivity contribution in [3.8, 4) is 6.19 Å². The van der Waals surface area contributed by atoms with E-state index in [0.29, 0.717) is 12.5 Å². The Hall–Kier alpha value is -1.70. The van der Waals surface area contributed by atoms with Gasteiger partial charge in [-0.15, -0.1) is 0 Å². The third-order valence-corrected chi connectivity index (χ3v) is 4.04. The predicted molar refractivity (Wildman–Crippen MR) is 67.1 cm³/mol. The van der Waals surface area contributed by atoms with E-state index in [0.717, 1.165) is 37.0 Å². The largest absolute Gasteiger partial charge is 0.416 e. The molecule has 0 saturated heterocycles. The Labute approximate surface area is 115 Å². The average Bonchev–Trinajstić information content (AvgIpc) is 3.29. The number of halogens is 3. The lowest BCUT2D eigenvalue weighted by Gasteiger charge is -2.27. The minimum atomic E-state index is -4.32. The molecule has 0 amide bonds. The van der Waals surface area contributed by atoms with Crippen LogP contribution in [0.4, 0.5) is 13.2 Å². The van der Waals surface area contributed by atoms with Crippen molar-refractivity contribution in [2.24, 2.45) is 5.92 Å². The summed E-state index contributed by atoms with van der Waals surface area (Å²) in [4.78, 5) is 1.72. The second-order valence-electron chi connectivity index (χ2n) is 5.56. The van der Waals surface area contributed by atoms with Crippen molar-refractivity contribution >= 4 is 0 Å². The van der Waals surface area contributed by atoms with Gasteiger partial charge < -0.3 is 0 Å². The number of nitrogens with zero attached hydrogens (tertiary/aromatic N) is 2. The van der Waals surface area contributed by atoms with Crippen LogP contribution in [0, 0.1) is 23.8 Å². The van der Waals surface area contributed by atoms with Crippen LogP contribution in [-0.4, -0.2) is 11.4 Å². The highest BCUT2D eigenvalue weighted by Gasteiger charge is 2.51. The van der Waals surface area contributed by atoms with E-state index in [1.807, 2.05) is 6.42 Å². The van der Waals surface area contributed by atoms with E-state index in [4.69, 9.17) is 0 Å². The fourth-order valence-corrected chi connectivity index (χ4v) is 2.51. The minimum Gasteiger partial charge on any atom is -0.300 e. The second kappa shape index (κ2) is 4.41. The maximum atomic E-state index is 12.6. The highest BCUT2D eigenvalue weighted by atomic mass is 19.4. The maximum absolute atomic E-state index is 12.6. The summed E-state index contributed by atoms with van der Waals surface area (Å²) in [7, 11) is 0. The highest BCUT2D eigenvalue weighted by Crippen LogP contribution is 2.51. The predicted octanol–water partition coefficient (Wildman–Crippen LogP) is 3.70. The van der Waals surface area contributed by atoms with Crippen LogP contribution in [0.15, 0.2) is 24.3 Å². The van der Waals surface area contributed by atoms with Gasteiger partial charge in [0.1, 0.15) is 0 Å². The molecule has 3 rings (SSSR count). The van der Waals surface area contributed by atoms with E-state index < -0.39 is 17.3 Å². The molecule has 0 spiro atoms. The lowest BCUT2D eigenvalue weighted by Crippen LogP contribution is -2.33. The van der Waals surface area contributed by atoms with Crippen molar-refractivity contribution in [2.45, 2.75) is 31.0 Å². The molecular formula is C15H14F3N2. The molecule has 0 N–H and O–H groups in total. The summed E-state index contributed by atoms with van der Waals surface area (Å²) in [5.41, 5.74) is -0.350. The number of hydrogen-bond donors (Lipinski definition) is 0. The molecule has 20 heavy (non-hydrogen) atoms. The van der Waals surface area contributed by atoms with Crippen molar-refractivity contribution in [3.63, 3.8) is 0 Å². The number of nitriles is 1. The summed E-state index contributed by atoms with van der Waals surface area (Å²) in [5, 5.41) is 9.30. The molecule has 2 saturated carbocycles. The van der Waals surface area contributed by atoms with Gasteiger partial charge in [-0.25, -0.2) is 0 Å². The van der Waals surface area contributed by atoms with E-state index in [9.17, 15) is 18.4 Å². The number of alkyl halides is 3. The number of benzene rings is 1. The molecule has 1 aromatic carbocycles. The molecule has 0 aliphatic heterocycles. The topological polar surface area (TPSA) is 27.0 Å². The molecule has 1 radical (unpaired) electrons. The third-order valence-electron chi connectivity index (χ3n) is 4.04. The Kier molecular flexibility index (Phi) is 2.93. The minimum absolute atomic E-state index is 0.471. The molecule has 2 nitrogen and oxygen atoms in total. The van der Waals surface area contributed by atoms with Gasteiger partial charge in [0.15, 0.2) is 6.19 Å². The van der Waals surface area contributed by atoms with E-state index in [-0.39, 0.29) is 0 Å². The van der Waals surface area contributed by atoms with Gasteiger partial charge in [0.2, 0.25) is 0 Å². The average molecular weight is 279 g/mol. The Balaban J connectivity index is 1.82. The molecule has 5 heteroatoms. The molecule has 1 aromatic rings. The van der Waals surface area contributed by atoms with Gasteiger partial charge in [0.25, 0.3) is 0 Å². The van der Waals surface area contributed by atoms with Gasteiger partial charge >= 0.3 is 6.18 Å². The zero-order valence-electron chi connectivity index (χ0n) is 10.8. The normalized spacial score (nSPS) is 20.3. The molecule has 0 bridgehead atoms. The molecule has 2 aliphatic carbocycles. The zero-order valence-corrected chi connectivity index (χ0v) is 10.8. The Bertz CT molecular complexity index is 534. The van der Waals surface area contributed by atoms with E-state index in [2.05, 4.69) is 6.19 Å². The smallest absolute Gasteiger partial charge is 0.300 e. The highest BCUT2D eigenvalue weighted by molar-refractivity contribution is 5.40. The van der Waals surface area contributed by atoms with E-state index in [1.54, 1.807) is 4.90 Å². The quantitative estimate of drug-likeness (QED) is 0.620. The molecule has 105 valence electrons.